The van der Waals surface area contributed by atoms with Crippen molar-refractivity contribution in [2.24, 2.45) is 5.92 Å². The summed E-state index contributed by atoms with van der Waals surface area (Å²) in [6.07, 6.45) is 5.38. The Morgan fingerprint density at radius 1 is 1.30 bits per heavy atom. The van der Waals surface area contributed by atoms with E-state index in [9.17, 15) is 4.79 Å². The SMILES string of the molecule is Cc1ccc(NC(=O)N2CCC[C@@H]3C[C@@H]32)cc1-c1ccccn1. The highest BCUT2D eigenvalue weighted by atomic mass is 16.2. The van der Waals surface area contributed by atoms with Gasteiger partial charge in [0.05, 0.1) is 5.69 Å². The van der Waals surface area contributed by atoms with Crippen molar-refractivity contribution < 1.29 is 4.79 Å². The molecule has 1 N–H and O–H groups in total. The number of urea groups is 1. The van der Waals surface area contributed by atoms with Crippen molar-refractivity contribution >= 4 is 11.7 Å². The molecule has 2 aromatic rings. The molecule has 4 rings (SSSR count). The Hall–Kier alpha value is -2.36. The first kappa shape index (κ1) is 14.2. The lowest BCUT2D eigenvalue weighted by Gasteiger charge is -2.27. The van der Waals surface area contributed by atoms with Crippen LogP contribution in [0, 0.1) is 12.8 Å². The molecule has 2 heterocycles. The standard InChI is InChI=1S/C19H21N3O/c1-13-7-8-15(12-16(13)17-6-2-3-9-20-17)21-19(23)22-10-4-5-14-11-18(14)22/h2-3,6-9,12,14,18H,4-5,10-11H2,1H3,(H,21,23)/t14-,18+/m1/s1. The second-order valence-electron chi connectivity index (χ2n) is 6.57. The molecule has 118 valence electrons. The monoisotopic (exact) mass is 307 g/mol. The summed E-state index contributed by atoms with van der Waals surface area (Å²) in [5.41, 5.74) is 3.98. The summed E-state index contributed by atoms with van der Waals surface area (Å²) in [5, 5.41) is 3.07. The number of carbonyl (C=O) groups excluding carboxylic acids is 1. The highest BCUT2D eigenvalue weighted by Gasteiger charge is 2.45. The van der Waals surface area contributed by atoms with Crippen LogP contribution in [-0.2, 0) is 0 Å². The van der Waals surface area contributed by atoms with Gasteiger partial charge in [0.1, 0.15) is 0 Å². The second-order valence-corrected chi connectivity index (χ2v) is 6.57. The summed E-state index contributed by atoms with van der Waals surface area (Å²) in [6.45, 7) is 2.95. The third-order valence-corrected chi connectivity index (χ3v) is 4.95. The van der Waals surface area contributed by atoms with Crippen LogP contribution in [0.4, 0.5) is 10.5 Å². The van der Waals surface area contributed by atoms with Crippen LogP contribution in [0.2, 0.25) is 0 Å². The minimum atomic E-state index is 0.0352. The number of hydrogen-bond acceptors (Lipinski definition) is 2. The van der Waals surface area contributed by atoms with Crippen LogP contribution in [0.5, 0.6) is 0 Å². The molecule has 1 saturated carbocycles. The Kier molecular flexibility index (Phi) is 3.52. The van der Waals surface area contributed by atoms with Crippen molar-refractivity contribution in [1.29, 1.82) is 0 Å². The van der Waals surface area contributed by atoms with E-state index in [4.69, 9.17) is 0 Å². The van der Waals surface area contributed by atoms with Crippen LogP contribution in [-0.4, -0.2) is 28.5 Å². The molecule has 0 bridgehead atoms. The molecule has 0 radical (unpaired) electrons. The number of piperidine rings is 1. The quantitative estimate of drug-likeness (QED) is 0.909. The Morgan fingerprint density at radius 3 is 3.04 bits per heavy atom. The fraction of sp³-hybridized carbons (Fsp3) is 0.368. The number of carbonyl (C=O) groups is 1. The number of nitrogens with one attached hydrogen (secondary N) is 1. The second kappa shape index (κ2) is 5.69. The van der Waals surface area contributed by atoms with Gasteiger partial charge < -0.3 is 10.2 Å². The van der Waals surface area contributed by atoms with Crippen LogP contribution in [0.1, 0.15) is 24.8 Å². The third-order valence-electron chi connectivity index (χ3n) is 4.95. The molecule has 23 heavy (non-hydrogen) atoms. The minimum Gasteiger partial charge on any atom is -0.321 e. The molecule has 2 amide bonds. The number of likely N-dealkylation sites (tertiary alicyclic amines) is 1. The van der Waals surface area contributed by atoms with Gasteiger partial charge in [-0.2, -0.15) is 0 Å². The largest absolute Gasteiger partial charge is 0.322 e. The first-order valence-corrected chi connectivity index (χ1v) is 8.32. The number of amides is 2. The molecule has 2 fully saturated rings. The van der Waals surface area contributed by atoms with Gasteiger partial charge in [-0.3, -0.25) is 4.98 Å². The highest BCUT2D eigenvalue weighted by molar-refractivity contribution is 5.91. The number of nitrogens with zero attached hydrogens (tertiary/aromatic N) is 2. The molecule has 2 atom stereocenters. The molecule has 4 heteroatoms. The van der Waals surface area contributed by atoms with Crippen LogP contribution >= 0.6 is 0 Å². The topological polar surface area (TPSA) is 45.2 Å². The van der Waals surface area contributed by atoms with Gasteiger partial charge in [0.15, 0.2) is 0 Å². The van der Waals surface area contributed by atoms with Gasteiger partial charge in [0.2, 0.25) is 0 Å². The first-order valence-electron chi connectivity index (χ1n) is 8.32. The molecule has 1 aromatic heterocycles. The van der Waals surface area contributed by atoms with Gasteiger partial charge in [-0.1, -0.05) is 12.1 Å². The Bertz CT molecular complexity index is 729. The maximum absolute atomic E-state index is 12.5. The average molecular weight is 307 g/mol. The van der Waals surface area contributed by atoms with Crippen molar-refractivity contribution in [3.8, 4) is 11.3 Å². The van der Waals surface area contributed by atoms with E-state index >= 15 is 0 Å². The molecule has 0 spiro atoms. The lowest BCUT2D eigenvalue weighted by atomic mass is 10.0. The number of anilines is 1. The molecule has 1 aliphatic heterocycles. The summed E-state index contributed by atoms with van der Waals surface area (Å²) in [6, 6.07) is 12.4. The maximum Gasteiger partial charge on any atom is 0.322 e. The summed E-state index contributed by atoms with van der Waals surface area (Å²) in [5.74, 6) is 0.747. The Labute approximate surface area is 136 Å². The minimum absolute atomic E-state index is 0.0352. The molecule has 2 aliphatic rings. The van der Waals surface area contributed by atoms with E-state index < -0.39 is 0 Å². The zero-order valence-corrected chi connectivity index (χ0v) is 13.3. The zero-order chi connectivity index (χ0) is 15.8. The van der Waals surface area contributed by atoms with Gasteiger partial charge in [0, 0.05) is 30.0 Å². The van der Waals surface area contributed by atoms with Crippen LogP contribution in [0.15, 0.2) is 42.6 Å². The van der Waals surface area contributed by atoms with Gasteiger partial charge in [-0.05, 0) is 61.9 Å². The summed E-state index contributed by atoms with van der Waals surface area (Å²) in [4.78, 5) is 19.0. The Morgan fingerprint density at radius 2 is 2.22 bits per heavy atom. The fourth-order valence-electron chi connectivity index (χ4n) is 3.56. The van der Waals surface area contributed by atoms with E-state index in [0.717, 1.165) is 41.4 Å². The maximum atomic E-state index is 12.5. The van der Waals surface area contributed by atoms with Crippen LogP contribution < -0.4 is 5.32 Å². The summed E-state index contributed by atoms with van der Waals surface area (Å²) >= 11 is 0. The molecular weight excluding hydrogens is 286 g/mol. The normalized spacial score (nSPS) is 22.4. The smallest absolute Gasteiger partial charge is 0.321 e. The van der Waals surface area contributed by atoms with E-state index in [1.54, 1.807) is 6.20 Å². The number of hydrogen-bond donors (Lipinski definition) is 1. The van der Waals surface area contributed by atoms with E-state index in [1.807, 2.05) is 41.3 Å². The predicted octanol–water partition coefficient (Wildman–Crippen LogP) is 4.07. The fourth-order valence-corrected chi connectivity index (χ4v) is 3.56. The van der Waals surface area contributed by atoms with Crippen LogP contribution in [0.3, 0.4) is 0 Å². The number of rotatable bonds is 2. The zero-order valence-electron chi connectivity index (χ0n) is 13.3. The molecule has 1 aromatic carbocycles. The lowest BCUT2D eigenvalue weighted by Crippen LogP contribution is -2.40. The molecule has 1 aliphatic carbocycles. The van der Waals surface area contributed by atoms with Crippen molar-refractivity contribution in [2.75, 3.05) is 11.9 Å². The number of aryl methyl sites for hydroxylation is 1. The van der Waals surface area contributed by atoms with Crippen LogP contribution in [0.25, 0.3) is 11.3 Å². The van der Waals surface area contributed by atoms with E-state index in [-0.39, 0.29) is 6.03 Å². The summed E-state index contributed by atoms with van der Waals surface area (Å²) < 4.78 is 0. The Balaban J connectivity index is 1.54. The molecule has 4 nitrogen and oxygen atoms in total. The number of fused-ring (bicyclic) bond motifs is 1. The highest BCUT2D eigenvalue weighted by Crippen LogP contribution is 2.43. The summed E-state index contributed by atoms with van der Waals surface area (Å²) in [7, 11) is 0. The number of pyridine rings is 1. The van der Waals surface area contributed by atoms with Gasteiger partial charge in [0.25, 0.3) is 0 Å². The van der Waals surface area contributed by atoms with Crippen molar-refractivity contribution in [1.82, 2.24) is 9.88 Å². The number of aromatic nitrogens is 1. The molecule has 0 unspecified atom stereocenters. The molecule has 1 saturated heterocycles. The molecular formula is C19H21N3O. The van der Waals surface area contributed by atoms with Gasteiger partial charge in [-0.25, -0.2) is 4.79 Å². The lowest BCUT2D eigenvalue weighted by molar-refractivity contribution is 0.195. The van der Waals surface area contributed by atoms with Gasteiger partial charge >= 0.3 is 6.03 Å². The van der Waals surface area contributed by atoms with E-state index in [2.05, 4.69) is 17.2 Å². The van der Waals surface area contributed by atoms with Crippen molar-refractivity contribution in [3.63, 3.8) is 0 Å². The average Bonchev–Trinajstić information content (AvgIpc) is 3.37. The van der Waals surface area contributed by atoms with E-state index in [1.165, 1.54) is 12.8 Å². The van der Waals surface area contributed by atoms with Crippen molar-refractivity contribution in [2.45, 2.75) is 32.2 Å². The predicted molar refractivity (Wildman–Crippen MR) is 91.3 cm³/mol. The number of benzene rings is 1. The van der Waals surface area contributed by atoms with Gasteiger partial charge in [-0.15, -0.1) is 0 Å². The van der Waals surface area contributed by atoms with E-state index in [0.29, 0.717) is 6.04 Å². The van der Waals surface area contributed by atoms with Crippen molar-refractivity contribution in [3.05, 3.63) is 48.2 Å². The third kappa shape index (κ3) is 2.81. The first-order chi connectivity index (χ1) is 11.2.